The van der Waals surface area contributed by atoms with Crippen molar-refractivity contribution in [3.8, 4) is 5.88 Å². The van der Waals surface area contributed by atoms with E-state index in [9.17, 15) is 19.5 Å². The maximum absolute atomic E-state index is 12.2. The zero-order valence-corrected chi connectivity index (χ0v) is 15.4. The summed E-state index contributed by atoms with van der Waals surface area (Å²) in [5.74, 6) is -0.978. The van der Waals surface area contributed by atoms with Crippen molar-refractivity contribution >= 4 is 28.5 Å². The summed E-state index contributed by atoms with van der Waals surface area (Å²) in [6, 6.07) is 0. The standard InChI is InChI=1S/C16H19N3O5S/c1-6-24-15(22)11-8(2)9(3)25-12(11)17-7-10-13(20)18(4)16(23)19(5)14(10)21/h7,20H,6H2,1-5H3. The molecule has 2 heterocycles. The van der Waals surface area contributed by atoms with Crippen LogP contribution >= 0.6 is 11.3 Å². The summed E-state index contributed by atoms with van der Waals surface area (Å²) in [6.45, 7) is 5.59. The summed E-state index contributed by atoms with van der Waals surface area (Å²) in [6.07, 6.45) is 1.16. The molecule has 134 valence electrons. The van der Waals surface area contributed by atoms with Gasteiger partial charge in [0.25, 0.3) is 5.56 Å². The Labute approximate surface area is 147 Å². The Morgan fingerprint density at radius 1 is 1.28 bits per heavy atom. The third-order valence-electron chi connectivity index (χ3n) is 3.82. The average Bonchev–Trinajstić information content (AvgIpc) is 2.86. The van der Waals surface area contributed by atoms with Crippen LogP contribution in [0.2, 0.25) is 0 Å². The Morgan fingerprint density at radius 3 is 2.52 bits per heavy atom. The maximum Gasteiger partial charge on any atom is 0.341 e. The van der Waals surface area contributed by atoms with Crippen molar-refractivity contribution in [3.63, 3.8) is 0 Å². The highest BCUT2D eigenvalue weighted by Crippen LogP contribution is 2.35. The van der Waals surface area contributed by atoms with Crippen LogP contribution in [0.15, 0.2) is 14.6 Å². The molecule has 25 heavy (non-hydrogen) atoms. The summed E-state index contributed by atoms with van der Waals surface area (Å²) >= 11 is 1.28. The van der Waals surface area contributed by atoms with Gasteiger partial charge in [0.05, 0.1) is 12.2 Å². The highest BCUT2D eigenvalue weighted by molar-refractivity contribution is 7.16. The van der Waals surface area contributed by atoms with Gasteiger partial charge in [0.2, 0.25) is 5.88 Å². The van der Waals surface area contributed by atoms with Gasteiger partial charge in [0, 0.05) is 25.2 Å². The Hall–Kier alpha value is -2.68. The average molecular weight is 365 g/mol. The first-order valence-electron chi connectivity index (χ1n) is 7.50. The molecule has 0 aromatic carbocycles. The first kappa shape index (κ1) is 18.7. The van der Waals surface area contributed by atoms with Gasteiger partial charge >= 0.3 is 11.7 Å². The topological polar surface area (TPSA) is 103 Å². The Morgan fingerprint density at radius 2 is 1.92 bits per heavy atom. The molecule has 2 aromatic heterocycles. The van der Waals surface area contributed by atoms with Crippen molar-refractivity contribution in [2.45, 2.75) is 20.8 Å². The number of aryl methyl sites for hydroxylation is 1. The number of ether oxygens (including phenoxy) is 1. The smallest absolute Gasteiger partial charge is 0.341 e. The second-order valence-electron chi connectivity index (χ2n) is 5.39. The van der Waals surface area contributed by atoms with Crippen LogP contribution in [-0.2, 0) is 18.8 Å². The van der Waals surface area contributed by atoms with Crippen LogP contribution in [0.5, 0.6) is 5.88 Å². The quantitative estimate of drug-likeness (QED) is 0.651. The van der Waals surface area contributed by atoms with Gasteiger partial charge in [-0.15, -0.1) is 11.3 Å². The molecule has 0 saturated carbocycles. The minimum atomic E-state index is -0.674. The van der Waals surface area contributed by atoms with Crippen molar-refractivity contribution in [1.82, 2.24) is 9.13 Å². The van der Waals surface area contributed by atoms with E-state index in [-0.39, 0.29) is 12.2 Å². The van der Waals surface area contributed by atoms with Crippen molar-refractivity contribution < 1.29 is 14.6 Å². The first-order chi connectivity index (χ1) is 11.7. The fraction of sp³-hybridized carbons (Fsp3) is 0.375. The Kier molecular flexibility index (Phi) is 5.27. The second kappa shape index (κ2) is 7.06. The third-order valence-corrected chi connectivity index (χ3v) is 4.94. The van der Waals surface area contributed by atoms with E-state index >= 15 is 0 Å². The summed E-state index contributed by atoms with van der Waals surface area (Å²) in [5.41, 5.74) is -0.361. The van der Waals surface area contributed by atoms with Gasteiger partial charge in [-0.05, 0) is 26.3 Å². The largest absolute Gasteiger partial charge is 0.494 e. The molecule has 0 atom stereocenters. The minimum absolute atomic E-state index is 0.136. The van der Waals surface area contributed by atoms with E-state index in [0.29, 0.717) is 10.6 Å². The van der Waals surface area contributed by atoms with Crippen LogP contribution in [-0.4, -0.2) is 33.0 Å². The van der Waals surface area contributed by atoms with Crippen LogP contribution in [0.4, 0.5) is 5.00 Å². The number of esters is 1. The predicted octanol–water partition coefficient (Wildman–Crippen LogP) is 1.40. The van der Waals surface area contributed by atoms with Gasteiger partial charge in [-0.3, -0.25) is 13.9 Å². The number of nitrogens with zero attached hydrogens (tertiary/aromatic N) is 3. The fourth-order valence-electron chi connectivity index (χ4n) is 2.24. The van der Waals surface area contributed by atoms with E-state index in [1.165, 1.54) is 25.4 Å². The molecule has 0 aliphatic carbocycles. The van der Waals surface area contributed by atoms with E-state index in [4.69, 9.17) is 4.74 Å². The number of carbonyl (C=O) groups excluding carboxylic acids is 1. The molecule has 1 N–H and O–H groups in total. The molecule has 0 bridgehead atoms. The van der Waals surface area contributed by atoms with Gasteiger partial charge in [-0.25, -0.2) is 14.6 Å². The van der Waals surface area contributed by atoms with Crippen LogP contribution in [0.1, 0.15) is 33.3 Å². The fourth-order valence-corrected chi connectivity index (χ4v) is 3.23. The molecule has 0 spiro atoms. The number of aliphatic imine (C=N–C) groups is 1. The maximum atomic E-state index is 12.2. The molecule has 8 nitrogen and oxygen atoms in total. The normalized spacial score (nSPS) is 11.2. The highest BCUT2D eigenvalue weighted by atomic mass is 32.1. The molecule has 0 aliphatic rings. The molecule has 2 rings (SSSR count). The van der Waals surface area contributed by atoms with Gasteiger partial charge in [-0.2, -0.15) is 0 Å². The summed E-state index contributed by atoms with van der Waals surface area (Å²) in [5, 5.41) is 10.4. The molecule has 0 unspecified atom stereocenters. The van der Waals surface area contributed by atoms with Crippen LogP contribution in [0, 0.1) is 13.8 Å². The van der Waals surface area contributed by atoms with E-state index in [2.05, 4.69) is 4.99 Å². The molecule has 0 fully saturated rings. The SMILES string of the molecule is CCOC(=O)c1c(N=Cc2c(O)n(C)c(=O)n(C)c2=O)sc(C)c1C. The Bertz CT molecular complexity index is 981. The molecular weight excluding hydrogens is 346 g/mol. The molecule has 0 aliphatic heterocycles. The molecule has 2 aromatic rings. The lowest BCUT2D eigenvalue weighted by atomic mass is 10.1. The van der Waals surface area contributed by atoms with E-state index in [1.54, 1.807) is 13.8 Å². The number of aromatic hydroxyl groups is 1. The summed E-state index contributed by atoms with van der Waals surface area (Å²) in [7, 11) is 2.66. The van der Waals surface area contributed by atoms with Crippen LogP contribution in [0.25, 0.3) is 0 Å². The number of carbonyl (C=O) groups is 1. The van der Waals surface area contributed by atoms with Gasteiger partial charge in [0.1, 0.15) is 10.6 Å². The number of thiophene rings is 1. The van der Waals surface area contributed by atoms with E-state index in [0.717, 1.165) is 25.8 Å². The van der Waals surface area contributed by atoms with Crippen molar-refractivity contribution in [2.75, 3.05) is 6.61 Å². The highest BCUT2D eigenvalue weighted by Gasteiger charge is 2.20. The van der Waals surface area contributed by atoms with Crippen LogP contribution < -0.4 is 11.2 Å². The van der Waals surface area contributed by atoms with E-state index < -0.39 is 23.1 Å². The number of aromatic nitrogens is 2. The van der Waals surface area contributed by atoms with E-state index in [1.807, 2.05) is 6.92 Å². The van der Waals surface area contributed by atoms with Crippen LogP contribution in [0.3, 0.4) is 0 Å². The number of hydrogen-bond acceptors (Lipinski definition) is 7. The summed E-state index contributed by atoms with van der Waals surface area (Å²) in [4.78, 5) is 41.2. The van der Waals surface area contributed by atoms with Crippen molar-refractivity contribution in [2.24, 2.45) is 19.1 Å². The van der Waals surface area contributed by atoms with Gasteiger partial charge in [-0.1, -0.05) is 0 Å². The first-order valence-corrected chi connectivity index (χ1v) is 8.32. The molecule has 0 saturated heterocycles. The van der Waals surface area contributed by atoms with Gasteiger partial charge in [0.15, 0.2) is 0 Å². The molecule has 0 radical (unpaired) electrons. The number of hydrogen-bond donors (Lipinski definition) is 1. The lowest BCUT2D eigenvalue weighted by Gasteiger charge is -2.07. The molecular formula is C16H19N3O5S. The predicted molar refractivity (Wildman–Crippen MR) is 95.6 cm³/mol. The monoisotopic (exact) mass is 365 g/mol. The zero-order chi connectivity index (χ0) is 18.9. The second-order valence-corrected chi connectivity index (χ2v) is 6.59. The minimum Gasteiger partial charge on any atom is -0.494 e. The zero-order valence-electron chi connectivity index (χ0n) is 14.6. The molecule has 0 amide bonds. The van der Waals surface area contributed by atoms with Gasteiger partial charge < -0.3 is 9.84 Å². The Balaban J connectivity index is 2.59. The van der Waals surface area contributed by atoms with Crippen molar-refractivity contribution in [3.05, 3.63) is 42.4 Å². The van der Waals surface area contributed by atoms with Crippen molar-refractivity contribution in [1.29, 1.82) is 0 Å². The summed E-state index contributed by atoms with van der Waals surface area (Å²) < 4.78 is 6.87. The molecule has 9 heteroatoms. The lowest BCUT2D eigenvalue weighted by Crippen LogP contribution is -2.38. The number of rotatable bonds is 4. The third kappa shape index (κ3) is 3.27. The lowest BCUT2D eigenvalue weighted by molar-refractivity contribution is 0.0527.